The molecule has 16 heavy (non-hydrogen) atoms. The van der Waals surface area contributed by atoms with Crippen LogP contribution in [0.4, 0.5) is 4.39 Å². The molecule has 0 unspecified atom stereocenters. The van der Waals surface area contributed by atoms with Crippen LogP contribution in [0.25, 0.3) is 0 Å². The van der Waals surface area contributed by atoms with Gasteiger partial charge in [0.05, 0.1) is 0 Å². The van der Waals surface area contributed by atoms with E-state index in [2.05, 4.69) is 0 Å². The molecular weight excluding hydrogens is 234 g/mol. The van der Waals surface area contributed by atoms with Crippen molar-refractivity contribution >= 4 is 47.5 Å². The quantitative estimate of drug-likeness (QED) is 0.465. The predicted molar refractivity (Wildman–Crippen MR) is 54.4 cm³/mol. The van der Waals surface area contributed by atoms with Crippen LogP contribution in [0.5, 0.6) is 0 Å². The molecule has 0 saturated carbocycles. The summed E-state index contributed by atoms with van der Waals surface area (Å²) in [5.74, 6) is -5.15. The molecule has 0 amide bonds. The van der Waals surface area contributed by atoms with E-state index in [1.54, 1.807) is 6.92 Å². The van der Waals surface area contributed by atoms with Gasteiger partial charge in [0.25, 0.3) is 0 Å². The van der Waals surface area contributed by atoms with Crippen LogP contribution in [0.1, 0.15) is 19.8 Å². The molecule has 0 bridgehead atoms. The minimum atomic E-state index is -1.41. The van der Waals surface area contributed by atoms with Crippen LogP contribution in [0.2, 0.25) is 0 Å². The first kappa shape index (κ1) is 20.7. The molecular formula is C8H14FNaO6. The SMILES string of the molecule is CCCC(C(=O)O)C(=O)O.O=C(O)CF.[NaH]. The van der Waals surface area contributed by atoms with E-state index in [4.69, 9.17) is 20.1 Å². The van der Waals surface area contributed by atoms with Crippen LogP contribution in [0.3, 0.4) is 0 Å². The van der Waals surface area contributed by atoms with Gasteiger partial charge in [-0.15, -0.1) is 0 Å². The molecule has 0 aliphatic heterocycles. The number of carbonyl (C=O) groups is 3. The summed E-state index contributed by atoms with van der Waals surface area (Å²) >= 11 is 0. The Hall–Kier alpha value is -0.660. The van der Waals surface area contributed by atoms with Crippen molar-refractivity contribution in [2.45, 2.75) is 19.8 Å². The number of rotatable bonds is 5. The van der Waals surface area contributed by atoms with E-state index in [0.717, 1.165) is 0 Å². The third kappa shape index (κ3) is 13.3. The Morgan fingerprint density at radius 2 is 1.44 bits per heavy atom. The van der Waals surface area contributed by atoms with E-state index >= 15 is 0 Å². The van der Waals surface area contributed by atoms with Crippen LogP contribution in [-0.2, 0) is 14.4 Å². The molecule has 0 rings (SSSR count). The zero-order valence-corrected chi connectivity index (χ0v) is 8.14. The third-order valence-corrected chi connectivity index (χ3v) is 1.29. The molecule has 3 N–H and O–H groups in total. The molecule has 0 heterocycles. The van der Waals surface area contributed by atoms with E-state index in [1.807, 2.05) is 0 Å². The van der Waals surface area contributed by atoms with Gasteiger partial charge in [-0.2, -0.15) is 0 Å². The van der Waals surface area contributed by atoms with Crippen molar-refractivity contribution in [3.63, 3.8) is 0 Å². The zero-order valence-electron chi connectivity index (χ0n) is 8.14. The van der Waals surface area contributed by atoms with Crippen LogP contribution < -0.4 is 0 Å². The molecule has 8 heteroatoms. The van der Waals surface area contributed by atoms with Crippen LogP contribution in [0, 0.1) is 5.92 Å². The molecule has 0 aliphatic carbocycles. The van der Waals surface area contributed by atoms with Crippen molar-refractivity contribution in [3.05, 3.63) is 0 Å². The summed E-state index contributed by atoms with van der Waals surface area (Å²) in [6.45, 7) is 0.471. The first-order valence-electron chi connectivity index (χ1n) is 4.10. The van der Waals surface area contributed by atoms with Gasteiger partial charge in [0.15, 0.2) is 12.6 Å². The molecule has 0 aromatic heterocycles. The van der Waals surface area contributed by atoms with Crippen molar-refractivity contribution in [1.29, 1.82) is 0 Å². The molecule has 0 atom stereocenters. The summed E-state index contributed by atoms with van der Waals surface area (Å²) in [5, 5.41) is 23.9. The molecule has 6 nitrogen and oxygen atoms in total. The second kappa shape index (κ2) is 12.4. The zero-order chi connectivity index (χ0) is 12.4. The summed E-state index contributed by atoms with van der Waals surface area (Å²) in [4.78, 5) is 29.3. The maximum absolute atomic E-state index is 10.5. The van der Waals surface area contributed by atoms with Gasteiger partial charge in [0, 0.05) is 0 Å². The van der Waals surface area contributed by atoms with Gasteiger partial charge in [0.1, 0.15) is 0 Å². The van der Waals surface area contributed by atoms with Crippen LogP contribution in [-0.4, -0.2) is 69.5 Å². The second-order valence-electron chi connectivity index (χ2n) is 2.55. The molecule has 90 valence electrons. The molecule has 0 fully saturated rings. The topological polar surface area (TPSA) is 112 Å². The predicted octanol–water partition coefficient (Wildman–Crippen LogP) is -0.0361. The van der Waals surface area contributed by atoms with E-state index in [9.17, 15) is 14.0 Å². The van der Waals surface area contributed by atoms with Gasteiger partial charge in [-0.25, -0.2) is 9.18 Å². The standard InChI is InChI=1S/C6H10O4.C2H3FO2.Na.H/c1-2-3-4(5(7)8)6(9)10;3-1-2(4)5;;/h4H,2-3H2,1H3,(H,7,8)(H,9,10);1H2,(H,4,5);;. The Morgan fingerprint density at radius 3 is 1.50 bits per heavy atom. The molecule has 0 aromatic rings. The Kier molecular flexibility index (Phi) is 16.1. The Balaban J connectivity index is -0.000000242. The van der Waals surface area contributed by atoms with Crippen molar-refractivity contribution in [3.8, 4) is 0 Å². The summed E-state index contributed by atoms with van der Waals surface area (Å²) in [5.41, 5.74) is 0. The van der Waals surface area contributed by atoms with Gasteiger partial charge < -0.3 is 15.3 Å². The number of hydrogen-bond donors (Lipinski definition) is 3. The van der Waals surface area contributed by atoms with Crippen molar-refractivity contribution < 1.29 is 34.1 Å². The fourth-order valence-corrected chi connectivity index (χ4v) is 0.641. The number of aliphatic carboxylic acids is 3. The molecule has 0 spiro atoms. The minimum absolute atomic E-state index is 0. The van der Waals surface area contributed by atoms with Gasteiger partial charge in [-0.3, -0.25) is 9.59 Å². The second-order valence-corrected chi connectivity index (χ2v) is 2.55. The molecule has 0 aliphatic rings. The van der Waals surface area contributed by atoms with Crippen molar-refractivity contribution in [2.75, 3.05) is 6.67 Å². The molecule has 0 saturated heterocycles. The monoisotopic (exact) mass is 248 g/mol. The summed E-state index contributed by atoms with van der Waals surface area (Å²) in [6, 6.07) is 0. The van der Waals surface area contributed by atoms with Gasteiger partial charge in [-0.1, -0.05) is 13.3 Å². The van der Waals surface area contributed by atoms with Gasteiger partial charge in [-0.05, 0) is 6.42 Å². The normalized spacial score (nSPS) is 8.44. The maximum atomic E-state index is 10.5. The number of halogens is 1. The third-order valence-electron chi connectivity index (χ3n) is 1.29. The number of hydrogen-bond acceptors (Lipinski definition) is 3. The van der Waals surface area contributed by atoms with E-state index in [-0.39, 0.29) is 36.0 Å². The first-order valence-corrected chi connectivity index (χ1v) is 4.10. The number of alkyl halides is 1. The molecule has 0 radical (unpaired) electrons. The Morgan fingerprint density at radius 1 is 1.12 bits per heavy atom. The van der Waals surface area contributed by atoms with Gasteiger partial charge >= 0.3 is 47.5 Å². The summed E-state index contributed by atoms with van der Waals surface area (Å²) in [6.07, 6.45) is 0.772. The first-order chi connectivity index (χ1) is 6.86. The van der Waals surface area contributed by atoms with Crippen molar-refractivity contribution in [1.82, 2.24) is 0 Å². The Labute approximate surface area is 114 Å². The van der Waals surface area contributed by atoms with Crippen LogP contribution >= 0.6 is 0 Å². The average Bonchev–Trinajstić information content (AvgIpc) is 2.14. The fourth-order valence-electron chi connectivity index (χ4n) is 0.641. The van der Waals surface area contributed by atoms with E-state index in [0.29, 0.717) is 6.42 Å². The van der Waals surface area contributed by atoms with E-state index in [1.165, 1.54) is 0 Å². The average molecular weight is 248 g/mol. The molecule has 0 aromatic carbocycles. The van der Waals surface area contributed by atoms with E-state index < -0.39 is 30.5 Å². The number of carboxylic acid groups (broad SMARTS) is 3. The van der Waals surface area contributed by atoms with Crippen LogP contribution in [0.15, 0.2) is 0 Å². The summed E-state index contributed by atoms with van der Waals surface area (Å²) in [7, 11) is 0. The van der Waals surface area contributed by atoms with Crippen molar-refractivity contribution in [2.24, 2.45) is 5.92 Å². The Bertz CT molecular complexity index is 219. The summed E-state index contributed by atoms with van der Waals surface area (Å²) < 4.78 is 10.5. The fraction of sp³-hybridized carbons (Fsp3) is 0.625. The van der Waals surface area contributed by atoms with Gasteiger partial charge in [0.2, 0.25) is 0 Å². The number of carboxylic acids is 3.